The maximum Gasteiger partial charge on any atom is 0.410 e. The van der Waals surface area contributed by atoms with Crippen molar-refractivity contribution < 1.29 is 18.0 Å². The summed E-state index contributed by atoms with van der Waals surface area (Å²) in [6.45, 7) is 0.309. The summed E-state index contributed by atoms with van der Waals surface area (Å²) in [5, 5.41) is 7.64. The molecule has 1 aliphatic rings. The molecule has 2 atom stereocenters. The molecule has 0 saturated heterocycles. The monoisotopic (exact) mass is 482 g/mol. The van der Waals surface area contributed by atoms with Crippen molar-refractivity contribution in [3.63, 3.8) is 0 Å². The van der Waals surface area contributed by atoms with Gasteiger partial charge in [0.2, 0.25) is 0 Å². The average Bonchev–Trinajstić information content (AvgIpc) is 3.18. The van der Waals surface area contributed by atoms with Crippen LogP contribution in [0.2, 0.25) is 10.0 Å². The second-order valence-corrected chi connectivity index (χ2v) is 8.48. The highest BCUT2D eigenvalue weighted by atomic mass is 35.5. The Morgan fingerprint density at radius 1 is 1.16 bits per heavy atom. The first-order valence-electron chi connectivity index (χ1n) is 9.80. The van der Waals surface area contributed by atoms with Gasteiger partial charge in [0.15, 0.2) is 11.7 Å². The lowest BCUT2D eigenvalue weighted by molar-refractivity contribution is -0.173. The summed E-state index contributed by atoms with van der Waals surface area (Å²) in [6, 6.07) is 12.8. The molecule has 3 aromatic rings. The molecule has 2 aromatic carbocycles. The highest BCUT2D eigenvalue weighted by Gasteiger charge is 2.47. The molecule has 2 unspecified atom stereocenters. The van der Waals surface area contributed by atoms with Gasteiger partial charge in [-0.2, -0.15) is 18.3 Å². The molecular weight excluding hydrogens is 464 g/mol. The number of nitrogens with one attached hydrogen (secondary N) is 1. The molecule has 10 heteroatoms. The molecule has 1 aliphatic heterocycles. The van der Waals surface area contributed by atoms with Crippen LogP contribution in [0.1, 0.15) is 40.1 Å². The van der Waals surface area contributed by atoms with Crippen molar-refractivity contribution in [1.29, 1.82) is 0 Å². The summed E-state index contributed by atoms with van der Waals surface area (Å²) < 4.78 is 42.5. The fourth-order valence-electron chi connectivity index (χ4n) is 3.75. The highest BCUT2D eigenvalue weighted by molar-refractivity contribution is 6.42. The Morgan fingerprint density at radius 2 is 1.88 bits per heavy atom. The molecule has 2 heterocycles. The summed E-state index contributed by atoms with van der Waals surface area (Å²) >= 11 is 12.0. The van der Waals surface area contributed by atoms with E-state index in [1.165, 1.54) is 11.0 Å². The molecule has 1 amide bonds. The molecular formula is C22H19Cl2F3N4O. The van der Waals surface area contributed by atoms with E-state index in [1.807, 2.05) is 30.3 Å². The van der Waals surface area contributed by atoms with Gasteiger partial charge in [0.05, 0.1) is 16.1 Å². The van der Waals surface area contributed by atoms with Gasteiger partial charge in [0, 0.05) is 26.1 Å². The van der Waals surface area contributed by atoms with E-state index in [-0.39, 0.29) is 23.0 Å². The van der Waals surface area contributed by atoms with Crippen molar-refractivity contribution in [3.8, 4) is 0 Å². The van der Waals surface area contributed by atoms with Crippen molar-refractivity contribution in [2.24, 2.45) is 0 Å². The Balaban J connectivity index is 1.63. The number of fused-ring (bicyclic) bond motifs is 1. The molecule has 0 aliphatic carbocycles. The number of benzene rings is 2. The summed E-state index contributed by atoms with van der Waals surface area (Å²) in [5.74, 6) is -0.351. The lowest BCUT2D eigenvalue weighted by atomic mass is 9.97. The van der Waals surface area contributed by atoms with Gasteiger partial charge in [0.1, 0.15) is 5.82 Å². The fraction of sp³-hybridized carbons (Fsp3) is 0.273. The zero-order valence-corrected chi connectivity index (χ0v) is 18.4. The van der Waals surface area contributed by atoms with Gasteiger partial charge in [0.25, 0.3) is 5.91 Å². The van der Waals surface area contributed by atoms with Crippen LogP contribution in [0.15, 0.2) is 54.6 Å². The first kappa shape index (κ1) is 22.5. The second kappa shape index (κ2) is 8.67. The van der Waals surface area contributed by atoms with Crippen LogP contribution >= 0.6 is 23.2 Å². The first-order valence-corrected chi connectivity index (χ1v) is 10.6. The largest absolute Gasteiger partial charge is 0.410 e. The molecule has 0 fully saturated rings. The standard InChI is InChI=1S/C22H19Cl2F3N4O/c1-30(12-13-5-3-2-4-6-13)21(32)18-11-20-28-17(14-7-8-15(23)16(24)9-14)10-19(22(25,26)27)31(20)29-18/h2-9,11,17,19,28H,10,12H2,1H3. The smallest absolute Gasteiger partial charge is 0.363 e. The number of carbonyl (C=O) groups is 1. The SMILES string of the molecule is CN(Cc1ccccc1)C(=O)c1cc2n(n1)C(C(F)(F)F)CC(c1ccc(Cl)c(Cl)c1)N2. The Labute approximate surface area is 192 Å². The topological polar surface area (TPSA) is 50.2 Å². The molecule has 32 heavy (non-hydrogen) atoms. The first-order chi connectivity index (χ1) is 15.1. The van der Waals surface area contributed by atoms with Crippen molar-refractivity contribution >= 4 is 34.9 Å². The van der Waals surface area contributed by atoms with Gasteiger partial charge in [-0.3, -0.25) is 4.79 Å². The van der Waals surface area contributed by atoms with Crippen LogP contribution in [0.3, 0.4) is 0 Å². The number of anilines is 1. The summed E-state index contributed by atoms with van der Waals surface area (Å²) in [7, 11) is 1.58. The Bertz CT molecular complexity index is 1130. The van der Waals surface area contributed by atoms with E-state index < -0.39 is 24.2 Å². The highest BCUT2D eigenvalue weighted by Crippen LogP contribution is 2.44. The van der Waals surface area contributed by atoms with Gasteiger partial charge in [-0.1, -0.05) is 59.6 Å². The quantitative estimate of drug-likeness (QED) is 0.487. The molecule has 0 spiro atoms. The minimum atomic E-state index is -4.55. The van der Waals surface area contributed by atoms with E-state index in [0.717, 1.165) is 10.2 Å². The summed E-state index contributed by atoms with van der Waals surface area (Å²) in [6.07, 6.45) is -4.85. The summed E-state index contributed by atoms with van der Waals surface area (Å²) in [5.41, 5.74) is 1.41. The summed E-state index contributed by atoms with van der Waals surface area (Å²) in [4.78, 5) is 14.3. The van der Waals surface area contributed by atoms with Gasteiger partial charge in [-0.05, 0) is 23.3 Å². The lowest BCUT2D eigenvalue weighted by Crippen LogP contribution is -2.35. The van der Waals surface area contributed by atoms with Crippen LogP contribution in [0.25, 0.3) is 0 Å². The molecule has 5 nitrogen and oxygen atoms in total. The fourth-order valence-corrected chi connectivity index (χ4v) is 4.06. The predicted molar refractivity (Wildman–Crippen MR) is 117 cm³/mol. The Morgan fingerprint density at radius 3 is 2.53 bits per heavy atom. The number of carbonyl (C=O) groups excluding carboxylic acids is 1. The predicted octanol–water partition coefficient (Wildman–Crippen LogP) is 6.12. The van der Waals surface area contributed by atoms with E-state index >= 15 is 0 Å². The zero-order chi connectivity index (χ0) is 23.0. The van der Waals surface area contributed by atoms with Crippen molar-refractivity contribution in [2.75, 3.05) is 12.4 Å². The van der Waals surface area contributed by atoms with E-state index in [4.69, 9.17) is 23.2 Å². The third-order valence-corrected chi connectivity index (χ3v) is 6.10. The zero-order valence-electron chi connectivity index (χ0n) is 16.9. The minimum absolute atomic E-state index is 0.0602. The number of alkyl halides is 3. The van der Waals surface area contributed by atoms with Crippen LogP contribution in [0.5, 0.6) is 0 Å². The lowest BCUT2D eigenvalue weighted by Gasteiger charge is -2.33. The normalized spacial score (nSPS) is 18.1. The van der Waals surface area contributed by atoms with Gasteiger partial charge >= 0.3 is 6.18 Å². The van der Waals surface area contributed by atoms with E-state index in [0.29, 0.717) is 17.1 Å². The van der Waals surface area contributed by atoms with E-state index in [1.54, 1.807) is 25.2 Å². The number of rotatable bonds is 4. The van der Waals surface area contributed by atoms with Crippen molar-refractivity contribution in [1.82, 2.24) is 14.7 Å². The minimum Gasteiger partial charge on any atom is -0.363 e. The number of nitrogens with zero attached hydrogens (tertiary/aromatic N) is 3. The Hall–Kier alpha value is -2.71. The second-order valence-electron chi connectivity index (χ2n) is 7.67. The van der Waals surface area contributed by atoms with Crippen LogP contribution in [-0.4, -0.2) is 33.8 Å². The third kappa shape index (κ3) is 4.56. The average molecular weight is 483 g/mol. The molecule has 4 rings (SSSR count). The molecule has 168 valence electrons. The maximum absolute atomic E-state index is 13.9. The molecule has 0 radical (unpaired) electrons. The number of aromatic nitrogens is 2. The molecule has 0 bridgehead atoms. The number of amides is 1. The number of halogens is 5. The third-order valence-electron chi connectivity index (χ3n) is 5.36. The van der Waals surface area contributed by atoms with Crippen molar-refractivity contribution in [2.45, 2.75) is 31.2 Å². The van der Waals surface area contributed by atoms with Crippen LogP contribution in [0.4, 0.5) is 19.0 Å². The molecule has 1 aromatic heterocycles. The van der Waals surface area contributed by atoms with Crippen LogP contribution in [0, 0.1) is 0 Å². The van der Waals surface area contributed by atoms with Gasteiger partial charge in [-0.25, -0.2) is 4.68 Å². The van der Waals surface area contributed by atoms with Crippen molar-refractivity contribution in [3.05, 3.63) is 81.5 Å². The number of hydrogen-bond acceptors (Lipinski definition) is 3. The Kier molecular flexibility index (Phi) is 6.09. The number of hydrogen-bond donors (Lipinski definition) is 1. The van der Waals surface area contributed by atoms with E-state index in [2.05, 4.69) is 10.4 Å². The van der Waals surface area contributed by atoms with Gasteiger partial charge < -0.3 is 10.2 Å². The maximum atomic E-state index is 13.9. The van der Waals surface area contributed by atoms with Crippen LogP contribution in [-0.2, 0) is 6.54 Å². The van der Waals surface area contributed by atoms with E-state index in [9.17, 15) is 18.0 Å². The van der Waals surface area contributed by atoms with Crippen LogP contribution < -0.4 is 5.32 Å². The molecule has 0 saturated carbocycles. The molecule has 1 N–H and O–H groups in total. The van der Waals surface area contributed by atoms with Gasteiger partial charge in [-0.15, -0.1) is 0 Å².